The number of hydrogen-bond donors (Lipinski definition) is 0. The number of carbonyl (C=O) groups is 1. The zero-order valence-electron chi connectivity index (χ0n) is 11.5. The van der Waals surface area contributed by atoms with Gasteiger partial charge in [-0.1, -0.05) is 35.9 Å². The minimum absolute atomic E-state index is 0.334. The number of nitrogens with zero attached hydrogens (tertiary/aromatic N) is 3. The molecule has 2 heterocycles. The molecule has 0 saturated heterocycles. The summed E-state index contributed by atoms with van der Waals surface area (Å²) in [7, 11) is 0. The molecule has 0 aliphatic carbocycles. The van der Waals surface area contributed by atoms with Gasteiger partial charge in [-0.15, -0.1) is 11.3 Å². The first kappa shape index (κ1) is 14.7. The van der Waals surface area contributed by atoms with E-state index >= 15 is 0 Å². The van der Waals surface area contributed by atoms with Crippen molar-refractivity contribution in [3.8, 4) is 0 Å². The van der Waals surface area contributed by atoms with Gasteiger partial charge in [-0.05, 0) is 23.8 Å². The monoisotopic (exact) mass is 329 g/mol. The van der Waals surface area contributed by atoms with Crippen LogP contribution in [0.3, 0.4) is 0 Å². The normalized spacial score (nSPS) is 11.6. The fourth-order valence-corrected chi connectivity index (χ4v) is 2.87. The first-order chi connectivity index (χ1) is 10.7. The number of amides is 1. The van der Waals surface area contributed by atoms with E-state index in [0.29, 0.717) is 22.1 Å². The van der Waals surface area contributed by atoms with Crippen LogP contribution in [-0.2, 0) is 6.54 Å². The zero-order chi connectivity index (χ0) is 15.4. The molecule has 110 valence electrons. The smallest absolute Gasteiger partial charge is 0.298 e. The summed E-state index contributed by atoms with van der Waals surface area (Å²) in [5.41, 5.74) is 1.31. The van der Waals surface area contributed by atoms with E-state index in [1.165, 1.54) is 11.3 Å². The molecule has 22 heavy (non-hydrogen) atoms. The molecule has 2 aromatic heterocycles. The maximum atomic E-state index is 12.1. The van der Waals surface area contributed by atoms with Gasteiger partial charge in [-0.2, -0.15) is 4.99 Å². The van der Waals surface area contributed by atoms with E-state index in [1.54, 1.807) is 24.4 Å². The van der Waals surface area contributed by atoms with Crippen molar-refractivity contribution in [2.75, 3.05) is 0 Å². The molecule has 1 amide bonds. The Balaban J connectivity index is 1.91. The molecule has 0 bridgehead atoms. The lowest BCUT2D eigenvalue weighted by molar-refractivity contribution is 0.0993. The molecule has 1 aromatic carbocycles. The number of halogens is 1. The molecule has 3 rings (SSSR count). The predicted octanol–water partition coefficient (Wildman–Crippen LogP) is 3.39. The molecule has 0 saturated carbocycles. The largest absolute Gasteiger partial charge is 0.319 e. The molecule has 4 nitrogen and oxygen atoms in total. The molecule has 0 spiro atoms. The van der Waals surface area contributed by atoms with Crippen molar-refractivity contribution < 1.29 is 4.79 Å². The molecule has 0 atom stereocenters. The fourth-order valence-electron chi connectivity index (χ4n) is 1.95. The average Bonchev–Trinajstić information content (AvgIpc) is 2.97. The zero-order valence-corrected chi connectivity index (χ0v) is 13.1. The fraction of sp³-hybridized carbons (Fsp3) is 0.0625. The highest BCUT2D eigenvalue weighted by Gasteiger charge is 2.06. The molecule has 0 aliphatic heterocycles. The van der Waals surface area contributed by atoms with E-state index in [2.05, 4.69) is 9.98 Å². The molecule has 3 aromatic rings. The van der Waals surface area contributed by atoms with E-state index in [-0.39, 0.29) is 5.91 Å². The number of thiazole rings is 1. The van der Waals surface area contributed by atoms with E-state index in [4.69, 9.17) is 11.6 Å². The number of hydrogen-bond acceptors (Lipinski definition) is 3. The van der Waals surface area contributed by atoms with Crippen LogP contribution in [0.25, 0.3) is 0 Å². The Morgan fingerprint density at radius 3 is 2.82 bits per heavy atom. The molecule has 0 aliphatic rings. The van der Waals surface area contributed by atoms with Crippen molar-refractivity contribution in [3.63, 3.8) is 0 Å². The van der Waals surface area contributed by atoms with E-state index in [1.807, 2.05) is 40.4 Å². The molecule has 0 unspecified atom stereocenters. The third-order valence-corrected chi connectivity index (χ3v) is 4.20. The molecule has 0 radical (unpaired) electrons. The van der Waals surface area contributed by atoms with Gasteiger partial charge in [0.05, 0.1) is 6.54 Å². The van der Waals surface area contributed by atoms with Gasteiger partial charge >= 0.3 is 0 Å². The lowest BCUT2D eigenvalue weighted by Gasteiger charge is -2.05. The Bertz CT molecular complexity index is 855. The summed E-state index contributed by atoms with van der Waals surface area (Å²) in [6.07, 6.45) is 3.47. The third kappa shape index (κ3) is 3.32. The van der Waals surface area contributed by atoms with Crippen LogP contribution in [0.15, 0.2) is 65.2 Å². The van der Waals surface area contributed by atoms with Crippen LogP contribution in [0.2, 0.25) is 5.02 Å². The van der Waals surface area contributed by atoms with Crippen LogP contribution >= 0.6 is 22.9 Å². The van der Waals surface area contributed by atoms with E-state index in [9.17, 15) is 4.79 Å². The molecular weight excluding hydrogens is 318 g/mol. The highest BCUT2D eigenvalue weighted by molar-refractivity contribution is 7.07. The van der Waals surface area contributed by atoms with Gasteiger partial charge in [-0.25, -0.2) is 0 Å². The number of rotatable bonds is 3. The van der Waals surface area contributed by atoms with Crippen LogP contribution in [0.4, 0.5) is 0 Å². The summed E-state index contributed by atoms with van der Waals surface area (Å²) in [5.74, 6) is -0.351. The Morgan fingerprint density at radius 2 is 2.05 bits per heavy atom. The summed E-state index contributed by atoms with van der Waals surface area (Å²) in [6, 6.07) is 12.8. The Hall–Kier alpha value is -2.24. The highest BCUT2D eigenvalue weighted by Crippen LogP contribution is 2.15. The SMILES string of the molecule is O=C(N=c1sccn1Cc1ccccc1Cl)c1ccccn1. The van der Waals surface area contributed by atoms with Gasteiger partial charge in [0, 0.05) is 22.8 Å². The topological polar surface area (TPSA) is 47.2 Å². The Kier molecular flexibility index (Phi) is 4.46. The van der Waals surface area contributed by atoms with Gasteiger partial charge in [0.1, 0.15) is 5.69 Å². The minimum atomic E-state index is -0.351. The second kappa shape index (κ2) is 6.68. The lowest BCUT2D eigenvalue weighted by atomic mass is 10.2. The standard InChI is InChI=1S/C16H12ClN3OS/c17-13-6-2-1-5-12(13)11-20-9-10-22-16(20)19-15(21)14-7-3-4-8-18-14/h1-10H,11H2. The maximum absolute atomic E-state index is 12.1. The van der Waals surface area contributed by atoms with Crippen LogP contribution in [-0.4, -0.2) is 15.5 Å². The van der Waals surface area contributed by atoms with Gasteiger partial charge in [0.2, 0.25) is 0 Å². The first-order valence-electron chi connectivity index (χ1n) is 6.61. The van der Waals surface area contributed by atoms with E-state index in [0.717, 1.165) is 5.56 Å². The Labute approximate surface area is 136 Å². The quantitative estimate of drug-likeness (QED) is 0.739. The summed E-state index contributed by atoms with van der Waals surface area (Å²) in [5, 5.41) is 2.59. The van der Waals surface area contributed by atoms with Crippen LogP contribution < -0.4 is 4.80 Å². The third-order valence-electron chi connectivity index (χ3n) is 3.04. The molecular formula is C16H12ClN3OS. The number of carbonyl (C=O) groups excluding carboxylic acids is 1. The van der Waals surface area contributed by atoms with Crippen molar-refractivity contribution >= 4 is 28.8 Å². The predicted molar refractivity (Wildman–Crippen MR) is 87.0 cm³/mol. The van der Waals surface area contributed by atoms with Gasteiger partial charge in [0.25, 0.3) is 5.91 Å². The van der Waals surface area contributed by atoms with Crippen molar-refractivity contribution in [3.05, 3.63) is 81.3 Å². The summed E-state index contributed by atoms with van der Waals surface area (Å²) >= 11 is 7.58. The van der Waals surface area contributed by atoms with Gasteiger partial charge in [0.15, 0.2) is 4.80 Å². The molecule has 0 fully saturated rings. The highest BCUT2D eigenvalue weighted by atomic mass is 35.5. The van der Waals surface area contributed by atoms with Crippen molar-refractivity contribution in [1.29, 1.82) is 0 Å². The summed E-state index contributed by atoms with van der Waals surface area (Å²) in [4.78, 5) is 20.9. The van der Waals surface area contributed by atoms with Gasteiger partial charge in [-0.3, -0.25) is 9.78 Å². The Morgan fingerprint density at radius 1 is 1.23 bits per heavy atom. The summed E-state index contributed by atoms with van der Waals surface area (Å²) in [6.45, 7) is 0.567. The first-order valence-corrected chi connectivity index (χ1v) is 7.87. The number of pyridine rings is 1. The van der Waals surface area contributed by atoms with Crippen LogP contribution in [0.1, 0.15) is 16.1 Å². The van der Waals surface area contributed by atoms with Gasteiger partial charge < -0.3 is 4.57 Å². The van der Waals surface area contributed by atoms with Crippen LogP contribution in [0, 0.1) is 0 Å². The molecule has 6 heteroatoms. The van der Waals surface area contributed by atoms with Crippen molar-refractivity contribution in [2.45, 2.75) is 6.54 Å². The lowest BCUT2D eigenvalue weighted by Crippen LogP contribution is -2.17. The average molecular weight is 330 g/mol. The van der Waals surface area contributed by atoms with Crippen molar-refractivity contribution in [1.82, 2.24) is 9.55 Å². The number of benzene rings is 1. The van der Waals surface area contributed by atoms with Crippen molar-refractivity contribution in [2.24, 2.45) is 4.99 Å². The second-order valence-electron chi connectivity index (χ2n) is 4.54. The van der Waals surface area contributed by atoms with E-state index < -0.39 is 0 Å². The maximum Gasteiger partial charge on any atom is 0.298 e. The summed E-state index contributed by atoms with van der Waals surface area (Å²) < 4.78 is 1.90. The molecule has 0 N–H and O–H groups in total. The number of aromatic nitrogens is 2. The second-order valence-corrected chi connectivity index (χ2v) is 5.82. The minimum Gasteiger partial charge on any atom is -0.319 e. The van der Waals surface area contributed by atoms with Crippen LogP contribution in [0.5, 0.6) is 0 Å².